The lowest BCUT2D eigenvalue weighted by Gasteiger charge is -2.44. The van der Waals surface area contributed by atoms with E-state index in [0.29, 0.717) is 25.3 Å². The van der Waals surface area contributed by atoms with Crippen LogP contribution in [0.3, 0.4) is 0 Å². The normalized spacial score (nSPS) is 22.3. The second-order valence-corrected chi connectivity index (χ2v) is 5.57. The molecule has 0 spiro atoms. The molecule has 3 N–H and O–H groups in total. The number of halogens is 1. The van der Waals surface area contributed by atoms with E-state index in [-0.39, 0.29) is 17.4 Å². The molecule has 104 valence electrons. The number of carbonyl (C=O) groups excluding carboxylic acids is 1. The van der Waals surface area contributed by atoms with Crippen molar-refractivity contribution in [1.82, 2.24) is 5.32 Å². The highest BCUT2D eigenvalue weighted by Gasteiger charge is 2.33. The number of hydrogen-bond donors (Lipinski definition) is 2. The van der Waals surface area contributed by atoms with Crippen LogP contribution in [0.1, 0.15) is 19.4 Å². The third-order valence-corrected chi connectivity index (χ3v) is 3.49. The van der Waals surface area contributed by atoms with Gasteiger partial charge >= 0.3 is 0 Å². The molecule has 5 heteroatoms. The molecule has 19 heavy (non-hydrogen) atoms. The van der Waals surface area contributed by atoms with Gasteiger partial charge < -0.3 is 20.7 Å². The minimum absolute atomic E-state index is 0.127. The molecule has 1 atom stereocenters. The molecule has 1 aromatic rings. The summed E-state index contributed by atoms with van der Waals surface area (Å²) in [4.78, 5) is 13.2. The van der Waals surface area contributed by atoms with E-state index in [2.05, 4.69) is 19.2 Å². The Morgan fingerprint density at radius 3 is 2.95 bits per heavy atom. The Bertz CT molecular complexity index is 476. The van der Waals surface area contributed by atoms with Crippen molar-refractivity contribution < 1.29 is 9.18 Å². The number of piperazine rings is 1. The van der Waals surface area contributed by atoms with Gasteiger partial charge in [-0.25, -0.2) is 4.39 Å². The Morgan fingerprint density at radius 2 is 2.32 bits per heavy atom. The van der Waals surface area contributed by atoms with E-state index >= 15 is 0 Å². The lowest BCUT2D eigenvalue weighted by Crippen LogP contribution is -2.62. The summed E-state index contributed by atoms with van der Waals surface area (Å²) in [5.74, 6) is -0.312. The van der Waals surface area contributed by atoms with Crippen LogP contribution in [0.2, 0.25) is 0 Å². The molecule has 1 aliphatic heterocycles. The quantitative estimate of drug-likeness (QED) is 0.802. The van der Waals surface area contributed by atoms with Crippen LogP contribution in [0.15, 0.2) is 18.2 Å². The number of nitrogens with two attached hydrogens (primary N) is 1. The summed E-state index contributed by atoms with van der Waals surface area (Å²) in [5, 5.41) is 3.31. The Morgan fingerprint density at radius 1 is 1.58 bits per heavy atom. The molecule has 1 unspecified atom stereocenters. The van der Waals surface area contributed by atoms with Crippen molar-refractivity contribution >= 4 is 12.0 Å². The van der Waals surface area contributed by atoms with Gasteiger partial charge in [0.05, 0.1) is 6.04 Å². The van der Waals surface area contributed by atoms with Gasteiger partial charge in [0.1, 0.15) is 12.1 Å². The van der Waals surface area contributed by atoms with Gasteiger partial charge in [0.25, 0.3) is 0 Å². The molecule has 2 rings (SSSR count). The first-order valence-electron chi connectivity index (χ1n) is 6.42. The second-order valence-electron chi connectivity index (χ2n) is 5.57. The number of carbonyl (C=O) groups is 1. The highest BCUT2D eigenvalue weighted by atomic mass is 19.1. The van der Waals surface area contributed by atoms with Crippen molar-refractivity contribution in [3.63, 3.8) is 0 Å². The van der Waals surface area contributed by atoms with Gasteiger partial charge in [-0.05, 0) is 31.5 Å². The molecule has 0 amide bonds. The number of rotatable bonds is 3. The number of benzene rings is 1. The number of aldehydes is 1. The predicted molar refractivity (Wildman–Crippen MR) is 73.6 cm³/mol. The third kappa shape index (κ3) is 2.93. The maximum atomic E-state index is 13.5. The maximum Gasteiger partial charge on any atom is 0.143 e. The summed E-state index contributed by atoms with van der Waals surface area (Å²) in [7, 11) is 0. The molecule has 1 fully saturated rings. The van der Waals surface area contributed by atoms with E-state index in [1.807, 2.05) is 4.90 Å². The molecule has 0 aromatic heterocycles. The first-order valence-corrected chi connectivity index (χ1v) is 6.42. The topological polar surface area (TPSA) is 58.4 Å². The van der Waals surface area contributed by atoms with E-state index in [4.69, 9.17) is 5.73 Å². The Hall–Kier alpha value is -1.46. The Kier molecular flexibility index (Phi) is 3.87. The fourth-order valence-corrected chi connectivity index (χ4v) is 2.45. The van der Waals surface area contributed by atoms with Crippen LogP contribution in [0.25, 0.3) is 0 Å². The van der Waals surface area contributed by atoms with Crippen LogP contribution < -0.4 is 16.0 Å². The van der Waals surface area contributed by atoms with E-state index in [0.717, 1.165) is 11.8 Å². The lowest BCUT2D eigenvalue weighted by atomic mass is 9.97. The van der Waals surface area contributed by atoms with E-state index in [1.165, 1.54) is 12.1 Å². The molecule has 0 saturated carbocycles. The minimum atomic E-state index is -0.312. The molecule has 0 aliphatic carbocycles. The summed E-state index contributed by atoms with van der Waals surface area (Å²) in [6.45, 7) is 5.63. The van der Waals surface area contributed by atoms with Crippen molar-refractivity contribution in [3.05, 3.63) is 29.6 Å². The maximum absolute atomic E-state index is 13.5. The standard InChI is InChI=1S/C14H20FN3O/c1-14(2)9-18(12(8-19)7-17-14)13-5-11(15)4-3-10(13)6-16/h3-5,8,12,17H,6-7,9,16H2,1-2H3. The molecule has 1 saturated heterocycles. The largest absolute Gasteiger partial charge is 0.358 e. The predicted octanol–water partition coefficient (Wildman–Crippen LogP) is 1.04. The SMILES string of the molecule is CC1(C)CN(c2cc(F)ccc2CN)C(C=O)CN1. The molecule has 4 nitrogen and oxygen atoms in total. The van der Waals surface area contributed by atoms with Crippen LogP contribution in [0.5, 0.6) is 0 Å². The van der Waals surface area contributed by atoms with Crippen LogP contribution >= 0.6 is 0 Å². The first-order chi connectivity index (χ1) is 8.96. The average Bonchev–Trinajstić information content (AvgIpc) is 2.37. The molecular weight excluding hydrogens is 245 g/mol. The average molecular weight is 265 g/mol. The summed E-state index contributed by atoms with van der Waals surface area (Å²) in [6, 6.07) is 4.25. The van der Waals surface area contributed by atoms with E-state index < -0.39 is 0 Å². The zero-order valence-electron chi connectivity index (χ0n) is 11.3. The van der Waals surface area contributed by atoms with Crippen molar-refractivity contribution in [2.45, 2.75) is 32.0 Å². The number of anilines is 1. The van der Waals surface area contributed by atoms with Crippen molar-refractivity contribution in [2.75, 3.05) is 18.0 Å². The smallest absolute Gasteiger partial charge is 0.143 e. The van der Waals surface area contributed by atoms with Gasteiger partial charge in [0.2, 0.25) is 0 Å². The molecular formula is C14H20FN3O. The summed E-state index contributed by atoms with van der Waals surface area (Å²) < 4.78 is 13.5. The van der Waals surface area contributed by atoms with Crippen molar-refractivity contribution in [2.24, 2.45) is 5.73 Å². The van der Waals surface area contributed by atoms with Crippen molar-refractivity contribution in [1.29, 1.82) is 0 Å². The number of nitrogens with one attached hydrogen (secondary N) is 1. The van der Waals surface area contributed by atoms with Crippen LogP contribution in [-0.2, 0) is 11.3 Å². The number of hydrogen-bond acceptors (Lipinski definition) is 4. The fourth-order valence-electron chi connectivity index (χ4n) is 2.45. The van der Waals surface area contributed by atoms with Gasteiger partial charge in [-0.2, -0.15) is 0 Å². The molecule has 1 heterocycles. The summed E-state index contributed by atoms with van der Waals surface area (Å²) >= 11 is 0. The monoisotopic (exact) mass is 265 g/mol. The Labute approximate surface area is 112 Å². The zero-order chi connectivity index (χ0) is 14.0. The van der Waals surface area contributed by atoms with Crippen LogP contribution in [0, 0.1) is 5.82 Å². The van der Waals surface area contributed by atoms with Gasteiger partial charge in [-0.15, -0.1) is 0 Å². The zero-order valence-corrected chi connectivity index (χ0v) is 11.3. The summed E-state index contributed by atoms with van der Waals surface area (Å²) in [6.07, 6.45) is 0.896. The molecule has 1 aromatic carbocycles. The fraction of sp³-hybridized carbons (Fsp3) is 0.500. The number of nitrogens with zero attached hydrogens (tertiary/aromatic N) is 1. The van der Waals surface area contributed by atoms with Crippen molar-refractivity contribution in [3.8, 4) is 0 Å². The summed E-state index contributed by atoms with van der Waals surface area (Å²) in [5.41, 5.74) is 7.15. The Balaban J connectivity index is 2.41. The lowest BCUT2D eigenvalue weighted by molar-refractivity contribution is -0.109. The highest BCUT2D eigenvalue weighted by Crippen LogP contribution is 2.27. The second kappa shape index (κ2) is 5.27. The van der Waals surface area contributed by atoms with Crippen LogP contribution in [0.4, 0.5) is 10.1 Å². The van der Waals surface area contributed by atoms with Gasteiger partial charge in [-0.3, -0.25) is 0 Å². The minimum Gasteiger partial charge on any atom is -0.358 e. The van der Waals surface area contributed by atoms with E-state index in [1.54, 1.807) is 6.07 Å². The molecule has 0 bridgehead atoms. The van der Waals surface area contributed by atoms with Gasteiger partial charge in [-0.1, -0.05) is 6.07 Å². The third-order valence-electron chi connectivity index (χ3n) is 3.49. The van der Waals surface area contributed by atoms with E-state index in [9.17, 15) is 9.18 Å². The first kappa shape index (κ1) is 14.0. The molecule has 0 radical (unpaired) electrons. The van der Waals surface area contributed by atoms with Gasteiger partial charge in [0, 0.05) is 30.9 Å². The van der Waals surface area contributed by atoms with Crippen LogP contribution in [-0.4, -0.2) is 31.0 Å². The highest BCUT2D eigenvalue weighted by molar-refractivity contribution is 5.69. The van der Waals surface area contributed by atoms with Gasteiger partial charge in [0.15, 0.2) is 0 Å². The molecule has 1 aliphatic rings.